The molecule has 1 aromatic carbocycles. The first kappa shape index (κ1) is 10.2. The lowest BCUT2D eigenvalue weighted by molar-refractivity contribution is 0.264. The van der Waals surface area contributed by atoms with Gasteiger partial charge in [0.1, 0.15) is 5.82 Å². The van der Waals surface area contributed by atoms with E-state index in [4.69, 9.17) is 10.8 Å². The number of benzene rings is 1. The van der Waals surface area contributed by atoms with E-state index in [2.05, 4.69) is 0 Å². The molecule has 0 aromatic heterocycles. The van der Waals surface area contributed by atoms with Crippen molar-refractivity contribution in [3.8, 4) is 0 Å². The van der Waals surface area contributed by atoms with E-state index in [1.165, 1.54) is 6.07 Å². The van der Waals surface area contributed by atoms with Crippen molar-refractivity contribution < 1.29 is 9.50 Å². The number of aliphatic hydroxyl groups excluding tert-OH is 1. The highest BCUT2D eigenvalue weighted by Gasteiger charge is 2.09. The van der Waals surface area contributed by atoms with Crippen molar-refractivity contribution in [3.63, 3.8) is 0 Å². The molecule has 0 bridgehead atoms. The third-order valence-corrected chi connectivity index (χ3v) is 2.05. The summed E-state index contributed by atoms with van der Waals surface area (Å²) in [6, 6.07) is 4.53. The molecule has 13 heavy (non-hydrogen) atoms. The van der Waals surface area contributed by atoms with Crippen molar-refractivity contribution in [3.05, 3.63) is 35.1 Å². The van der Waals surface area contributed by atoms with Crippen LogP contribution < -0.4 is 5.73 Å². The summed E-state index contributed by atoms with van der Waals surface area (Å²) in [6.45, 7) is 1.72. The predicted molar refractivity (Wildman–Crippen MR) is 49.9 cm³/mol. The second-order valence-corrected chi connectivity index (χ2v) is 3.18. The molecular formula is C10H14FNO. The Hall–Kier alpha value is -0.930. The normalized spacial score (nSPS) is 12.9. The van der Waals surface area contributed by atoms with E-state index < -0.39 is 0 Å². The zero-order chi connectivity index (χ0) is 9.84. The van der Waals surface area contributed by atoms with Gasteiger partial charge in [-0.3, -0.25) is 0 Å². The maximum Gasteiger partial charge on any atom is 0.126 e. The van der Waals surface area contributed by atoms with Gasteiger partial charge in [0.15, 0.2) is 0 Å². The summed E-state index contributed by atoms with van der Waals surface area (Å²) in [5.74, 6) is -0.246. The fraction of sp³-hybridized carbons (Fsp3) is 0.400. The third-order valence-electron chi connectivity index (χ3n) is 2.05. The Bertz CT molecular complexity index is 268. The highest BCUT2D eigenvalue weighted by atomic mass is 19.1. The summed E-state index contributed by atoms with van der Waals surface area (Å²) in [5, 5.41) is 8.73. The van der Waals surface area contributed by atoms with Gasteiger partial charge in [-0.1, -0.05) is 12.1 Å². The Balaban J connectivity index is 2.87. The standard InChI is InChI=1S/C10H14FNO/c1-7-3-2-4-10(11)9(7)5-8(12)6-13/h2-4,8,13H,5-6,12H2,1H3. The van der Waals surface area contributed by atoms with Crippen LogP contribution in [0.5, 0.6) is 0 Å². The SMILES string of the molecule is Cc1cccc(F)c1CC(N)CO. The van der Waals surface area contributed by atoms with Gasteiger partial charge in [0, 0.05) is 6.04 Å². The molecule has 72 valence electrons. The highest BCUT2D eigenvalue weighted by Crippen LogP contribution is 2.13. The molecule has 0 aliphatic carbocycles. The van der Waals surface area contributed by atoms with E-state index in [1.54, 1.807) is 6.07 Å². The van der Waals surface area contributed by atoms with E-state index in [-0.39, 0.29) is 18.5 Å². The smallest absolute Gasteiger partial charge is 0.126 e. The van der Waals surface area contributed by atoms with E-state index in [0.717, 1.165) is 5.56 Å². The summed E-state index contributed by atoms with van der Waals surface area (Å²) in [7, 11) is 0. The molecule has 0 spiro atoms. The Kier molecular flexibility index (Phi) is 3.39. The summed E-state index contributed by atoms with van der Waals surface area (Å²) >= 11 is 0. The van der Waals surface area contributed by atoms with Crippen LogP contribution in [0.1, 0.15) is 11.1 Å². The van der Waals surface area contributed by atoms with Crippen molar-refractivity contribution >= 4 is 0 Å². The van der Waals surface area contributed by atoms with E-state index in [0.29, 0.717) is 12.0 Å². The molecule has 1 unspecified atom stereocenters. The first-order chi connectivity index (χ1) is 6.15. The maximum atomic E-state index is 13.2. The molecular weight excluding hydrogens is 169 g/mol. The molecule has 3 N–H and O–H groups in total. The number of halogens is 1. The molecule has 0 saturated carbocycles. The lowest BCUT2D eigenvalue weighted by Gasteiger charge is -2.11. The minimum atomic E-state index is -0.379. The van der Waals surface area contributed by atoms with Gasteiger partial charge in [-0.2, -0.15) is 0 Å². The molecule has 1 atom stereocenters. The van der Waals surface area contributed by atoms with Crippen molar-refractivity contribution in [1.29, 1.82) is 0 Å². The zero-order valence-electron chi connectivity index (χ0n) is 7.63. The van der Waals surface area contributed by atoms with Crippen molar-refractivity contribution in [2.45, 2.75) is 19.4 Å². The number of rotatable bonds is 3. The van der Waals surface area contributed by atoms with Crippen LogP contribution in [0.25, 0.3) is 0 Å². The van der Waals surface area contributed by atoms with Crippen LogP contribution in [-0.4, -0.2) is 17.8 Å². The first-order valence-electron chi connectivity index (χ1n) is 4.25. The van der Waals surface area contributed by atoms with Crippen LogP contribution in [0.2, 0.25) is 0 Å². The van der Waals surface area contributed by atoms with Crippen molar-refractivity contribution in [1.82, 2.24) is 0 Å². The molecule has 0 aliphatic heterocycles. The summed E-state index contributed by atoms with van der Waals surface area (Å²) in [6.07, 6.45) is 0.384. The van der Waals surface area contributed by atoms with Crippen molar-refractivity contribution in [2.75, 3.05) is 6.61 Å². The van der Waals surface area contributed by atoms with Gasteiger partial charge >= 0.3 is 0 Å². The quantitative estimate of drug-likeness (QED) is 0.734. The van der Waals surface area contributed by atoms with Gasteiger partial charge in [0.05, 0.1) is 6.61 Å². The third kappa shape index (κ3) is 2.50. The van der Waals surface area contributed by atoms with Gasteiger partial charge < -0.3 is 10.8 Å². The molecule has 2 nitrogen and oxygen atoms in total. The molecule has 0 aliphatic rings. The highest BCUT2D eigenvalue weighted by molar-refractivity contribution is 5.28. The van der Waals surface area contributed by atoms with Gasteiger partial charge in [-0.05, 0) is 30.5 Å². The van der Waals surface area contributed by atoms with Crippen molar-refractivity contribution in [2.24, 2.45) is 5.73 Å². The summed E-state index contributed by atoms with van der Waals surface area (Å²) < 4.78 is 13.2. The second kappa shape index (κ2) is 4.35. The van der Waals surface area contributed by atoms with Crippen LogP contribution in [0.15, 0.2) is 18.2 Å². The fourth-order valence-electron chi connectivity index (χ4n) is 1.25. The van der Waals surface area contributed by atoms with Crippen LogP contribution in [0.4, 0.5) is 4.39 Å². The summed E-state index contributed by atoms with van der Waals surface area (Å²) in [5.41, 5.74) is 7.01. The number of nitrogens with two attached hydrogens (primary N) is 1. The molecule has 0 saturated heterocycles. The first-order valence-corrected chi connectivity index (χ1v) is 4.25. The van der Waals surface area contributed by atoms with Gasteiger partial charge in [-0.25, -0.2) is 4.39 Å². The average molecular weight is 183 g/mol. The Morgan fingerprint density at radius 2 is 2.23 bits per heavy atom. The number of aryl methyl sites for hydroxylation is 1. The van der Waals surface area contributed by atoms with E-state index in [1.807, 2.05) is 13.0 Å². The van der Waals surface area contributed by atoms with Gasteiger partial charge in [0.2, 0.25) is 0 Å². The van der Waals surface area contributed by atoms with Gasteiger partial charge in [-0.15, -0.1) is 0 Å². The minimum Gasteiger partial charge on any atom is -0.395 e. The van der Waals surface area contributed by atoms with Gasteiger partial charge in [0.25, 0.3) is 0 Å². The number of aliphatic hydroxyl groups is 1. The van der Waals surface area contributed by atoms with Crippen LogP contribution in [0.3, 0.4) is 0 Å². The molecule has 0 fully saturated rings. The number of hydrogen-bond acceptors (Lipinski definition) is 2. The summed E-state index contributed by atoms with van der Waals surface area (Å²) in [4.78, 5) is 0. The van der Waals surface area contributed by atoms with Crippen LogP contribution in [-0.2, 0) is 6.42 Å². The number of hydrogen-bond donors (Lipinski definition) is 2. The van der Waals surface area contributed by atoms with E-state index >= 15 is 0 Å². The predicted octanol–water partition coefficient (Wildman–Crippen LogP) is 0.996. The average Bonchev–Trinajstić information content (AvgIpc) is 2.11. The second-order valence-electron chi connectivity index (χ2n) is 3.18. The molecule has 0 heterocycles. The largest absolute Gasteiger partial charge is 0.395 e. The molecule has 0 amide bonds. The Morgan fingerprint density at radius 3 is 2.77 bits per heavy atom. The zero-order valence-corrected chi connectivity index (χ0v) is 7.63. The topological polar surface area (TPSA) is 46.2 Å². The minimum absolute atomic E-state index is 0.117. The molecule has 1 aromatic rings. The van der Waals surface area contributed by atoms with Crippen LogP contribution >= 0.6 is 0 Å². The fourth-order valence-corrected chi connectivity index (χ4v) is 1.25. The van der Waals surface area contributed by atoms with E-state index in [9.17, 15) is 4.39 Å². The monoisotopic (exact) mass is 183 g/mol. The maximum absolute atomic E-state index is 13.2. The lowest BCUT2D eigenvalue weighted by Crippen LogP contribution is -2.27. The molecule has 3 heteroatoms. The van der Waals surface area contributed by atoms with Crippen LogP contribution in [0, 0.1) is 12.7 Å². The molecule has 0 radical (unpaired) electrons. The Morgan fingerprint density at radius 1 is 1.54 bits per heavy atom. The Labute approximate surface area is 77.2 Å². The molecule has 1 rings (SSSR count). The lowest BCUT2D eigenvalue weighted by atomic mass is 10.0.